The van der Waals surface area contributed by atoms with Crippen LogP contribution < -0.4 is 14.2 Å². The fourth-order valence-electron chi connectivity index (χ4n) is 2.91. The molecular formula is C19H22FNO4S. The van der Waals surface area contributed by atoms with Crippen molar-refractivity contribution in [3.63, 3.8) is 0 Å². The number of hydrogen-bond donors (Lipinski definition) is 1. The van der Waals surface area contributed by atoms with Gasteiger partial charge in [0.2, 0.25) is 10.0 Å². The van der Waals surface area contributed by atoms with Gasteiger partial charge in [-0.1, -0.05) is 24.3 Å². The van der Waals surface area contributed by atoms with E-state index in [1.165, 1.54) is 24.3 Å². The number of halogens is 1. The number of rotatable bonds is 7. The van der Waals surface area contributed by atoms with Crippen LogP contribution in [0.3, 0.4) is 0 Å². The van der Waals surface area contributed by atoms with Crippen LogP contribution in [0.25, 0.3) is 0 Å². The Morgan fingerprint density at radius 2 is 1.92 bits per heavy atom. The zero-order chi connectivity index (χ0) is 18.8. The molecule has 5 nitrogen and oxygen atoms in total. The predicted octanol–water partition coefficient (Wildman–Crippen LogP) is 3.04. The van der Waals surface area contributed by atoms with E-state index in [1.807, 2.05) is 32.0 Å². The molecule has 140 valence electrons. The summed E-state index contributed by atoms with van der Waals surface area (Å²) >= 11 is 0. The smallest absolute Gasteiger partial charge is 0.215 e. The van der Waals surface area contributed by atoms with Gasteiger partial charge >= 0.3 is 0 Å². The predicted molar refractivity (Wildman–Crippen MR) is 97.4 cm³/mol. The summed E-state index contributed by atoms with van der Waals surface area (Å²) in [6, 6.07) is 11.1. The number of ether oxygens (including phenoxy) is 2. The first kappa shape index (κ1) is 18.7. The maximum absolute atomic E-state index is 12.9. The third-order valence-corrected chi connectivity index (χ3v) is 5.36. The summed E-state index contributed by atoms with van der Waals surface area (Å²) in [5.41, 5.74) is 1.35. The Balaban J connectivity index is 1.52. The van der Waals surface area contributed by atoms with Crippen molar-refractivity contribution >= 4 is 10.0 Å². The monoisotopic (exact) mass is 379 g/mol. The minimum Gasteiger partial charge on any atom is -0.488 e. The van der Waals surface area contributed by atoms with E-state index in [-0.39, 0.29) is 24.5 Å². The second-order valence-corrected chi connectivity index (χ2v) is 8.72. The molecule has 0 radical (unpaired) electrons. The second kappa shape index (κ2) is 7.25. The highest BCUT2D eigenvalue weighted by Gasteiger charge is 2.32. The number of fused-ring (bicyclic) bond motifs is 1. The van der Waals surface area contributed by atoms with E-state index >= 15 is 0 Å². The quantitative estimate of drug-likeness (QED) is 0.751. The fourth-order valence-corrected chi connectivity index (χ4v) is 4.04. The van der Waals surface area contributed by atoms with E-state index in [0.717, 1.165) is 17.7 Å². The molecule has 0 amide bonds. The van der Waals surface area contributed by atoms with Gasteiger partial charge < -0.3 is 9.47 Å². The van der Waals surface area contributed by atoms with Crippen LogP contribution in [0, 0.1) is 5.82 Å². The molecule has 3 rings (SSSR count). The van der Waals surface area contributed by atoms with Crippen LogP contribution in [-0.2, 0) is 22.2 Å². The Morgan fingerprint density at radius 3 is 2.65 bits per heavy atom. The van der Waals surface area contributed by atoms with E-state index < -0.39 is 15.8 Å². The summed E-state index contributed by atoms with van der Waals surface area (Å²) in [6.07, 6.45) is 0.809. The molecule has 0 saturated carbocycles. The highest BCUT2D eigenvalue weighted by Crippen LogP contribution is 2.41. The lowest BCUT2D eigenvalue weighted by atomic mass is 10.0. The van der Waals surface area contributed by atoms with Crippen LogP contribution in [0.2, 0.25) is 0 Å². The van der Waals surface area contributed by atoms with Crippen molar-refractivity contribution < 1.29 is 22.3 Å². The molecule has 0 fully saturated rings. The lowest BCUT2D eigenvalue weighted by Crippen LogP contribution is -2.29. The summed E-state index contributed by atoms with van der Waals surface area (Å²) in [4.78, 5) is 0. The SMILES string of the molecule is CC1(C)Cc2cccc(OCCNS(=O)(=O)Cc3ccc(F)cc3)c2O1. The van der Waals surface area contributed by atoms with E-state index in [1.54, 1.807) is 0 Å². The molecule has 7 heteroatoms. The molecule has 2 aromatic rings. The summed E-state index contributed by atoms with van der Waals surface area (Å²) in [6.45, 7) is 4.35. The Kier molecular flexibility index (Phi) is 5.20. The molecule has 1 heterocycles. The van der Waals surface area contributed by atoms with Gasteiger partial charge in [0.25, 0.3) is 0 Å². The maximum Gasteiger partial charge on any atom is 0.215 e. The van der Waals surface area contributed by atoms with E-state index in [9.17, 15) is 12.8 Å². The third-order valence-electron chi connectivity index (χ3n) is 4.01. The molecule has 26 heavy (non-hydrogen) atoms. The molecule has 0 saturated heterocycles. The minimum absolute atomic E-state index is 0.136. The van der Waals surface area contributed by atoms with Crippen molar-refractivity contribution in [1.82, 2.24) is 4.72 Å². The molecule has 1 aliphatic heterocycles. The highest BCUT2D eigenvalue weighted by atomic mass is 32.2. The normalized spacial score (nSPS) is 15.3. The average Bonchev–Trinajstić information content (AvgIpc) is 2.88. The average molecular weight is 379 g/mol. The number of hydrogen-bond acceptors (Lipinski definition) is 4. The summed E-state index contributed by atoms with van der Waals surface area (Å²) in [7, 11) is -3.52. The van der Waals surface area contributed by atoms with Crippen LogP contribution in [0.15, 0.2) is 42.5 Å². The van der Waals surface area contributed by atoms with Crippen LogP contribution >= 0.6 is 0 Å². The van der Waals surface area contributed by atoms with Crippen molar-refractivity contribution in [3.05, 3.63) is 59.4 Å². The molecule has 0 unspecified atom stereocenters. The molecule has 1 aliphatic rings. The fraction of sp³-hybridized carbons (Fsp3) is 0.368. The maximum atomic E-state index is 12.9. The first-order chi connectivity index (χ1) is 12.2. The second-order valence-electron chi connectivity index (χ2n) is 6.91. The number of para-hydroxylation sites is 1. The first-order valence-electron chi connectivity index (χ1n) is 8.40. The summed E-state index contributed by atoms with van der Waals surface area (Å²) < 4.78 is 51.2. The van der Waals surface area contributed by atoms with Gasteiger partial charge in [-0.3, -0.25) is 0 Å². The summed E-state index contributed by atoms with van der Waals surface area (Å²) in [5, 5.41) is 0. The molecule has 0 atom stereocenters. The minimum atomic E-state index is -3.52. The van der Waals surface area contributed by atoms with E-state index in [2.05, 4.69) is 4.72 Å². The van der Waals surface area contributed by atoms with Crippen LogP contribution in [-0.4, -0.2) is 27.2 Å². The first-order valence-corrected chi connectivity index (χ1v) is 10.0. The van der Waals surface area contributed by atoms with Gasteiger partial charge in [-0.25, -0.2) is 17.5 Å². The van der Waals surface area contributed by atoms with Gasteiger partial charge in [-0.15, -0.1) is 0 Å². The molecule has 0 aromatic heterocycles. The Labute approximate surface area is 153 Å². The van der Waals surface area contributed by atoms with Crippen LogP contribution in [0.4, 0.5) is 4.39 Å². The van der Waals surface area contributed by atoms with Gasteiger partial charge in [0, 0.05) is 18.5 Å². The summed E-state index contributed by atoms with van der Waals surface area (Å²) in [5.74, 6) is 0.747. The van der Waals surface area contributed by atoms with Crippen molar-refractivity contribution in [2.75, 3.05) is 13.2 Å². The zero-order valence-corrected chi connectivity index (χ0v) is 15.6. The van der Waals surface area contributed by atoms with E-state index in [4.69, 9.17) is 9.47 Å². The van der Waals surface area contributed by atoms with Gasteiger partial charge in [0.1, 0.15) is 18.0 Å². The highest BCUT2D eigenvalue weighted by molar-refractivity contribution is 7.88. The Hall–Kier alpha value is -2.12. The zero-order valence-electron chi connectivity index (χ0n) is 14.8. The molecule has 1 N–H and O–H groups in total. The largest absolute Gasteiger partial charge is 0.488 e. The standard InChI is InChI=1S/C19H22FNO4S/c1-19(2)12-15-4-3-5-17(18(15)25-19)24-11-10-21-26(22,23)13-14-6-8-16(20)9-7-14/h3-9,21H,10-13H2,1-2H3. The van der Waals surface area contributed by atoms with Crippen molar-refractivity contribution in [2.24, 2.45) is 0 Å². The lowest BCUT2D eigenvalue weighted by molar-refractivity contribution is 0.132. The van der Waals surface area contributed by atoms with Crippen LogP contribution in [0.5, 0.6) is 11.5 Å². The Morgan fingerprint density at radius 1 is 1.19 bits per heavy atom. The molecule has 0 bridgehead atoms. The molecule has 0 spiro atoms. The van der Waals surface area contributed by atoms with E-state index in [0.29, 0.717) is 11.3 Å². The third kappa shape index (κ3) is 4.74. The van der Waals surface area contributed by atoms with Crippen LogP contribution in [0.1, 0.15) is 25.0 Å². The van der Waals surface area contributed by atoms with Gasteiger partial charge in [-0.05, 0) is 37.6 Å². The number of benzene rings is 2. The molecule has 0 aliphatic carbocycles. The topological polar surface area (TPSA) is 64.6 Å². The molecule has 2 aromatic carbocycles. The van der Waals surface area contributed by atoms with Crippen molar-refractivity contribution in [2.45, 2.75) is 31.6 Å². The van der Waals surface area contributed by atoms with Gasteiger partial charge in [0.15, 0.2) is 11.5 Å². The van der Waals surface area contributed by atoms with Gasteiger partial charge in [0.05, 0.1) is 5.75 Å². The lowest BCUT2D eigenvalue weighted by Gasteiger charge is -2.18. The number of sulfonamides is 1. The molecular weight excluding hydrogens is 357 g/mol. The van der Waals surface area contributed by atoms with Crippen molar-refractivity contribution in [1.29, 1.82) is 0 Å². The van der Waals surface area contributed by atoms with Crippen molar-refractivity contribution in [3.8, 4) is 11.5 Å². The van der Waals surface area contributed by atoms with Gasteiger partial charge in [-0.2, -0.15) is 0 Å². The number of nitrogens with one attached hydrogen (secondary N) is 1. The Bertz CT molecular complexity index is 879.